The van der Waals surface area contributed by atoms with E-state index in [9.17, 15) is 0 Å². The third-order valence-electron chi connectivity index (χ3n) is 3.96. The molecule has 110 valence electrons. The Balaban J connectivity index is 0.000000130. The molecule has 0 saturated carbocycles. The Morgan fingerprint density at radius 2 is 1.35 bits per heavy atom. The van der Waals surface area contributed by atoms with Crippen LogP contribution in [0.5, 0.6) is 0 Å². The van der Waals surface area contributed by atoms with Crippen LogP contribution in [0.2, 0.25) is 0 Å². The molecule has 2 aromatic heterocycles. The number of fused-ring (bicyclic) bond motifs is 4. The van der Waals surface area contributed by atoms with E-state index in [0.29, 0.717) is 0 Å². The summed E-state index contributed by atoms with van der Waals surface area (Å²) in [5.41, 5.74) is 2.29. The number of nitrogens with one attached hydrogen (secondary N) is 1. The lowest BCUT2D eigenvalue weighted by molar-refractivity contribution is 1.43. The molecule has 23 heavy (non-hydrogen) atoms. The maximum Gasteiger partial charge on any atom is 0.0780 e. The summed E-state index contributed by atoms with van der Waals surface area (Å²) in [5.74, 6) is 0. The van der Waals surface area contributed by atoms with Crippen molar-refractivity contribution in [2.45, 2.75) is 0 Å². The van der Waals surface area contributed by atoms with E-state index in [-0.39, 0.29) is 0 Å². The van der Waals surface area contributed by atoms with Crippen LogP contribution < -0.4 is 0 Å². The highest BCUT2D eigenvalue weighted by Crippen LogP contribution is 2.22. The van der Waals surface area contributed by atoms with Gasteiger partial charge in [0.15, 0.2) is 0 Å². The summed E-state index contributed by atoms with van der Waals surface area (Å²) in [4.78, 5) is 7.53. The molecule has 0 spiro atoms. The van der Waals surface area contributed by atoms with Gasteiger partial charge in [-0.15, -0.1) is 0 Å². The maximum atomic E-state index is 4.41. The van der Waals surface area contributed by atoms with Crippen molar-refractivity contribution >= 4 is 32.6 Å². The second kappa shape index (κ2) is 5.93. The van der Waals surface area contributed by atoms with Crippen LogP contribution in [0.1, 0.15) is 0 Å². The summed E-state index contributed by atoms with van der Waals surface area (Å²) in [6, 6.07) is 26.9. The second-order valence-electron chi connectivity index (χ2n) is 5.43. The largest absolute Gasteiger partial charge is 0.361 e. The summed E-state index contributed by atoms with van der Waals surface area (Å²) in [6.07, 6.45) is 3.79. The molecule has 0 aliphatic heterocycles. The van der Waals surface area contributed by atoms with E-state index in [1.54, 1.807) is 0 Å². The SMILES string of the molecule is c1ccc2[nH]ccc2c1.c1ccc2c(c1)ccc1cccnc12. The topological polar surface area (TPSA) is 28.7 Å². The van der Waals surface area contributed by atoms with Crippen LogP contribution in [0.3, 0.4) is 0 Å². The first kappa shape index (κ1) is 13.5. The number of pyridine rings is 1. The fourth-order valence-corrected chi connectivity index (χ4v) is 2.81. The molecule has 0 radical (unpaired) electrons. The first-order chi connectivity index (χ1) is 11.4. The Morgan fingerprint density at radius 3 is 2.26 bits per heavy atom. The van der Waals surface area contributed by atoms with Gasteiger partial charge in [0.25, 0.3) is 0 Å². The zero-order chi connectivity index (χ0) is 15.5. The van der Waals surface area contributed by atoms with Crippen molar-refractivity contribution < 1.29 is 0 Å². The fraction of sp³-hybridized carbons (Fsp3) is 0. The van der Waals surface area contributed by atoms with Crippen molar-refractivity contribution in [2.24, 2.45) is 0 Å². The van der Waals surface area contributed by atoms with E-state index in [0.717, 1.165) is 5.52 Å². The van der Waals surface area contributed by atoms with Crippen LogP contribution >= 0.6 is 0 Å². The van der Waals surface area contributed by atoms with E-state index in [4.69, 9.17) is 0 Å². The molecule has 5 rings (SSSR count). The van der Waals surface area contributed by atoms with Gasteiger partial charge in [0.05, 0.1) is 5.52 Å². The molecule has 2 heterocycles. The van der Waals surface area contributed by atoms with Gasteiger partial charge in [-0.3, -0.25) is 4.98 Å². The summed E-state index contributed by atoms with van der Waals surface area (Å²) in [5, 5.41) is 4.95. The van der Waals surface area contributed by atoms with Gasteiger partial charge in [0.1, 0.15) is 0 Å². The Bertz CT molecular complexity index is 991. The van der Waals surface area contributed by atoms with Gasteiger partial charge in [-0.25, -0.2) is 0 Å². The van der Waals surface area contributed by atoms with E-state index < -0.39 is 0 Å². The monoisotopic (exact) mass is 296 g/mol. The number of aromatic amines is 1. The molecule has 0 bridgehead atoms. The van der Waals surface area contributed by atoms with Gasteiger partial charge in [0, 0.05) is 28.7 Å². The van der Waals surface area contributed by atoms with Crippen molar-refractivity contribution in [3.8, 4) is 0 Å². The standard InChI is InChI=1S/C13H9N.C8H7N/c1-2-6-12-10(4-1)7-8-11-5-3-9-14-13(11)12;1-2-4-8-7(3-1)5-6-9-8/h1-9H;1-6,9H. The molecule has 0 amide bonds. The Morgan fingerprint density at radius 1 is 0.609 bits per heavy atom. The van der Waals surface area contributed by atoms with E-state index >= 15 is 0 Å². The Kier molecular flexibility index (Phi) is 3.49. The summed E-state index contributed by atoms with van der Waals surface area (Å²) < 4.78 is 0. The van der Waals surface area contributed by atoms with Crippen molar-refractivity contribution in [1.82, 2.24) is 9.97 Å². The van der Waals surface area contributed by atoms with Crippen LogP contribution in [-0.4, -0.2) is 9.97 Å². The fourth-order valence-electron chi connectivity index (χ4n) is 2.81. The molecule has 1 N–H and O–H groups in total. The van der Waals surface area contributed by atoms with Gasteiger partial charge < -0.3 is 4.98 Å². The minimum atomic E-state index is 1.09. The van der Waals surface area contributed by atoms with Crippen molar-refractivity contribution in [3.63, 3.8) is 0 Å². The summed E-state index contributed by atoms with van der Waals surface area (Å²) in [6.45, 7) is 0. The minimum absolute atomic E-state index is 1.09. The third kappa shape index (κ3) is 2.67. The van der Waals surface area contributed by atoms with Crippen molar-refractivity contribution in [1.29, 1.82) is 0 Å². The van der Waals surface area contributed by atoms with Gasteiger partial charge in [0.2, 0.25) is 0 Å². The van der Waals surface area contributed by atoms with Crippen LogP contribution in [0.25, 0.3) is 32.6 Å². The lowest BCUT2D eigenvalue weighted by Gasteiger charge is -2.01. The third-order valence-corrected chi connectivity index (χ3v) is 3.96. The van der Waals surface area contributed by atoms with Gasteiger partial charge >= 0.3 is 0 Å². The van der Waals surface area contributed by atoms with Gasteiger partial charge in [-0.1, -0.05) is 60.7 Å². The first-order valence-electron chi connectivity index (χ1n) is 7.66. The predicted molar refractivity (Wildman–Crippen MR) is 97.5 cm³/mol. The van der Waals surface area contributed by atoms with E-state index in [1.165, 1.54) is 27.1 Å². The average Bonchev–Trinajstić information content (AvgIpc) is 3.11. The number of benzene rings is 3. The number of aromatic nitrogens is 2. The lowest BCUT2D eigenvalue weighted by atomic mass is 10.1. The predicted octanol–water partition coefficient (Wildman–Crippen LogP) is 5.56. The van der Waals surface area contributed by atoms with Gasteiger partial charge in [-0.05, 0) is 29.0 Å². The normalized spacial score (nSPS) is 10.6. The zero-order valence-electron chi connectivity index (χ0n) is 12.6. The Labute approximate surface area is 134 Å². The zero-order valence-corrected chi connectivity index (χ0v) is 12.6. The number of rotatable bonds is 0. The smallest absolute Gasteiger partial charge is 0.0780 e. The molecule has 0 unspecified atom stereocenters. The summed E-state index contributed by atoms with van der Waals surface area (Å²) >= 11 is 0. The highest BCUT2D eigenvalue weighted by molar-refractivity contribution is 6.04. The number of H-pyrrole nitrogens is 1. The van der Waals surface area contributed by atoms with Crippen LogP contribution in [0.15, 0.2) is 91.3 Å². The van der Waals surface area contributed by atoms with Crippen LogP contribution in [-0.2, 0) is 0 Å². The molecule has 2 heteroatoms. The molecule has 0 saturated heterocycles. The molecule has 0 atom stereocenters. The van der Waals surface area contributed by atoms with Crippen molar-refractivity contribution in [3.05, 3.63) is 91.3 Å². The minimum Gasteiger partial charge on any atom is -0.361 e. The first-order valence-corrected chi connectivity index (χ1v) is 7.66. The van der Waals surface area contributed by atoms with Crippen LogP contribution in [0, 0.1) is 0 Å². The maximum absolute atomic E-state index is 4.41. The number of para-hydroxylation sites is 1. The number of nitrogens with zero attached hydrogens (tertiary/aromatic N) is 1. The molecule has 2 nitrogen and oxygen atoms in total. The highest BCUT2D eigenvalue weighted by atomic mass is 14.7. The summed E-state index contributed by atoms with van der Waals surface area (Å²) in [7, 11) is 0. The molecular formula is C21H16N2. The van der Waals surface area contributed by atoms with Gasteiger partial charge in [-0.2, -0.15) is 0 Å². The molecule has 0 aliphatic rings. The Hall–Kier alpha value is -3.13. The molecule has 0 aliphatic carbocycles. The molecule has 5 aromatic rings. The lowest BCUT2D eigenvalue weighted by Crippen LogP contribution is -1.79. The van der Waals surface area contributed by atoms with Crippen LogP contribution in [0.4, 0.5) is 0 Å². The van der Waals surface area contributed by atoms with E-state index in [2.05, 4.69) is 70.6 Å². The molecular weight excluding hydrogens is 280 g/mol. The second-order valence-corrected chi connectivity index (χ2v) is 5.43. The van der Waals surface area contributed by atoms with E-state index in [1.807, 2.05) is 30.6 Å². The number of hydrogen-bond donors (Lipinski definition) is 1. The highest BCUT2D eigenvalue weighted by Gasteiger charge is 1.98. The molecule has 3 aromatic carbocycles. The van der Waals surface area contributed by atoms with Crippen molar-refractivity contribution in [2.75, 3.05) is 0 Å². The quantitative estimate of drug-likeness (QED) is 0.373. The average molecular weight is 296 g/mol. The molecule has 0 fully saturated rings. The number of hydrogen-bond acceptors (Lipinski definition) is 1.